The molecule has 0 radical (unpaired) electrons. The second kappa shape index (κ2) is 4.07. The third-order valence-electron chi connectivity index (χ3n) is 2.27. The molecule has 13 heavy (non-hydrogen) atoms. The number of aliphatic hydroxyl groups is 1. The molecule has 0 aromatic rings. The molecule has 2 unspecified atom stereocenters. The van der Waals surface area contributed by atoms with Crippen LogP contribution in [0.15, 0.2) is 0 Å². The van der Waals surface area contributed by atoms with Gasteiger partial charge in [-0.25, -0.2) is 0 Å². The van der Waals surface area contributed by atoms with Gasteiger partial charge in [0, 0.05) is 19.5 Å². The number of hydrogen-bond donors (Lipinski definition) is 2. The Balaban J connectivity index is 2.55. The Morgan fingerprint density at radius 2 is 2.23 bits per heavy atom. The van der Waals surface area contributed by atoms with E-state index in [2.05, 4.69) is 0 Å². The van der Waals surface area contributed by atoms with Crippen molar-refractivity contribution in [2.45, 2.75) is 32.4 Å². The molecule has 0 spiro atoms. The van der Waals surface area contributed by atoms with Crippen molar-refractivity contribution in [3.8, 4) is 0 Å². The first-order valence-electron chi connectivity index (χ1n) is 4.65. The third kappa shape index (κ3) is 2.67. The van der Waals surface area contributed by atoms with Crippen molar-refractivity contribution in [1.82, 2.24) is 4.90 Å². The molecule has 1 saturated heterocycles. The highest BCUT2D eigenvalue weighted by Gasteiger charge is 2.35. The van der Waals surface area contributed by atoms with Gasteiger partial charge >= 0.3 is 5.97 Å². The summed E-state index contributed by atoms with van der Waals surface area (Å²) in [5, 5.41) is 18.2. The van der Waals surface area contributed by atoms with Gasteiger partial charge in [0.05, 0.1) is 6.10 Å². The SMILES string of the molecule is CC(C)CN1CC(O)CC1C(=O)O. The van der Waals surface area contributed by atoms with E-state index in [1.807, 2.05) is 18.7 Å². The second-order valence-corrected chi connectivity index (χ2v) is 4.09. The summed E-state index contributed by atoms with van der Waals surface area (Å²) < 4.78 is 0. The normalized spacial score (nSPS) is 29.8. The lowest BCUT2D eigenvalue weighted by Gasteiger charge is -2.22. The summed E-state index contributed by atoms with van der Waals surface area (Å²) in [6, 6.07) is -0.489. The lowest BCUT2D eigenvalue weighted by molar-refractivity contribution is -0.142. The van der Waals surface area contributed by atoms with E-state index in [4.69, 9.17) is 5.11 Å². The number of likely N-dealkylation sites (tertiary alicyclic amines) is 1. The fourth-order valence-corrected chi connectivity index (χ4v) is 1.81. The number of rotatable bonds is 3. The number of β-amino-alcohol motifs (C(OH)–C–C–N with tert-alkyl or cyclic N) is 1. The van der Waals surface area contributed by atoms with Crippen LogP contribution in [0.1, 0.15) is 20.3 Å². The van der Waals surface area contributed by atoms with Gasteiger partial charge in [-0.3, -0.25) is 9.69 Å². The molecule has 1 rings (SSSR count). The minimum Gasteiger partial charge on any atom is -0.480 e. The van der Waals surface area contributed by atoms with Crippen LogP contribution in [0.3, 0.4) is 0 Å². The van der Waals surface area contributed by atoms with Crippen LogP contribution in [0.2, 0.25) is 0 Å². The van der Waals surface area contributed by atoms with E-state index in [-0.39, 0.29) is 0 Å². The number of aliphatic hydroxyl groups excluding tert-OH is 1. The molecule has 0 aliphatic carbocycles. The summed E-state index contributed by atoms with van der Waals surface area (Å²) in [6.07, 6.45) is -0.109. The fraction of sp³-hybridized carbons (Fsp3) is 0.889. The Labute approximate surface area is 78.2 Å². The van der Waals surface area contributed by atoms with Crippen molar-refractivity contribution in [3.63, 3.8) is 0 Å². The first-order chi connectivity index (χ1) is 6.00. The van der Waals surface area contributed by atoms with Gasteiger partial charge in [0.1, 0.15) is 6.04 Å². The van der Waals surface area contributed by atoms with Gasteiger partial charge in [-0.1, -0.05) is 13.8 Å². The van der Waals surface area contributed by atoms with Crippen LogP contribution in [0.25, 0.3) is 0 Å². The van der Waals surface area contributed by atoms with Crippen LogP contribution in [0.4, 0.5) is 0 Å². The van der Waals surface area contributed by atoms with E-state index in [0.717, 1.165) is 6.54 Å². The number of nitrogens with zero attached hydrogens (tertiary/aromatic N) is 1. The van der Waals surface area contributed by atoms with Crippen LogP contribution in [-0.4, -0.2) is 46.3 Å². The molecular weight excluding hydrogens is 170 g/mol. The lowest BCUT2D eigenvalue weighted by atomic mass is 10.1. The standard InChI is InChI=1S/C9H17NO3/c1-6(2)4-10-5-7(11)3-8(10)9(12)13/h6-8,11H,3-5H2,1-2H3,(H,12,13). The van der Waals surface area contributed by atoms with Crippen molar-refractivity contribution in [2.75, 3.05) is 13.1 Å². The van der Waals surface area contributed by atoms with E-state index in [0.29, 0.717) is 18.9 Å². The van der Waals surface area contributed by atoms with Crippen molar-refractivity contribution in [1.29, 1.82) is 0 Å². The van der Waals surface area contributed by atoms with Crippen LogP contribution in [0.5, 0.6) is 0 Å². The summed E-state index contributed by atoms with van der Waals surface area (Å²) in [4.78, 5) is 12.6. The number of carboxylic acids is 1. The number of aliphatic carboxylic acids is 1. The minimum absolute atomic E-state index is 0.363. The van der Waals surface area contributed by atoms with Gasteiger partial charge in [0.15, 0.2) is 0 Å². The summed E-state index contributed by atoms with van der Waals surface area (Å²) >= 11 is 0. The maximum absolute atomic E-state index is 10.8. The highest BCUT2D eigenvalue weighted by Crippen LogP contribution is 2.19. The molecular formula is C9H17NO3. The quantitative estimate of drug-likeness (QED) is 0.661. The zero-order chi connectivity index (χ0) is 10.0. The number of carboxylic acid groups (broad SMARTS) is 1. The van der Waals surface area contributed by atoms with E-state index in [1.165, 1.54) is 0 Å². The predicted molar refractivity (Wildman–Crippen MR) is 48.5 cm³/mol. The maximum atomic E-state index is 10.8. The van der Waals surface area contributed by atoms with Gasteiger partial charge in [-0.15, -0.1) is 0 Å². The highest BCUT2D eigenvalue weighted by molar-refractivity contribution is 5.74. The topological polar surface area (TPSA) is 60.8 Å². The molecule has 2 atom stereocenters. The van der Waals surface area contributed by atoms with Crippen molar-refractivity contribution < 1.29 is 15.0 Å². The summed E-state index contributed by atoms with van der Waals surface area (Å²) in [6.45, 7) is 5.33. The van der Waals surface area contributed by atoms with E-state index < -0.39 is 18.1 Å². The highest BCUT2D eigenvalue weighted by atomic mass is 16.4. The zero-order valence-corrected chi connectivity index (χ0v) is 8.10. The smallest absolute Gasteiger partial charge is 0.321 e. The predicted octanol–water partition coefficient (Wildman–Crippen LogP) is 0.162. The third-order valence-corrected chi connectivity index (χ3v) is 2.27. The fourth-order valence-electron chi connectivity index (χ4n) is 1.81. The van der Waals surface area contributed by atoms with Gasteiger partial charge < -0.3 is 10.2 Å². The molecule has 0 bridgehead atoms. The molecule has 2 N–H and O–H groups in total. The number of carbonyl (C=O) groups is 1. The maximum Gasteiger partial charge on any atom is 0.321 e. The molecule has 0 aromatic heterocycles. The largest absolute Gasteiger partial charge is 0.480 e. The van der Waals surface area contributed by atoms with Crippen LogP contribution in [-0.2, 0) is 4.79 Å². The molecule has 4 nitrogen and oxygen atoms in total. The first-order valence-corrected chi connectivity index (χ1v) is 4.65. The molecule has 76 valence electrons. The van der Waals surface area contributed by atoms with Crippen molar-refractivity contribution in [3.05, 3.63) is 0 Å². The van der Waals surface area contributed by atoms with Crippen molar-refractivity contribution in [2.24, 2.45) is 5.92 Å². The zero-order valence-electron chi connectivity index (χ0n) is 8.10. The van der Waals surface area contributed by atoms with Crippen LogP contribution < -0.4 is 0 Å². The lowest BCUT2D eigenvalue weighted by Crippen LogP contribution is -2.38. The molecule has 0 aromatic carbocycles. The summed E-state index contributed by atoms with van der Waals surface area (Å²) in [5.41, 5.74) is 0. The Bertz CT molecular complexity index is 193. The van der Waals surface area contributed by atoms with E-state index >= 15 is 0 Å². The first kappa shape index (κ1) is 10.5. The van der Waals surface area contributed by atoms with Crippen LogP contribution >= 0.6 is 0 Å². The monoisotopic (exact) mass is 187 g/mol. The Hall–Kier alpha value is -0.610. The van der Waals surface area contributed by atoms with Gasteiger partial charge in [-0.2, -0.15) is 0 Å². The molecule has 0 amide bonds. The van der Waals surface area contributed by atoms with E-state index in [1.54, 1.807) is 0 Å². The van der Waals surface area contributed by atoms with Crippen LogP contribution in [0, 0.1) is 5.92 Å². The van der Waals surface area contributed by atoms with Gasteiger partial charge in [0.2, 0.25) is 0 Å². The Morgan fingerprint density at radius 1 is 1.62 bits per heavy atom. The summed E-state index contributed by atoms with van der Waals surface area (Å²) in [7, 11) is 0. The molecule has 0 saturated carbocycles. The average Bonchev–Trinajstić information content (AvgIpc) is 2.29. The average molecular weight is 187 g/mol. The molecule has 1 fully saturated rings. The minimum atomic E-state index is -0.822. The second-order valence-electron chi connectivity index (χ2n) is 4.09. The van der Waals surface area contributed by atoms with Gasteiger partial charge in [0.25, 0.3) is 0 Å². The molecule has 1 heterocycles. The summed E-state index contributed by atoms with van der Waals surface area (Å²) in [5.74, 6) is -0.385. The molecule has 1 aliphatic heterocycles. The number of hydrogen-bond acceptors (Lipinski definition) is 3. The van der Waals surface area contributed by atoms with Gasteiger partial charge in [-0.05, 0) is 5.92 Å². The Morgan fingerprint density at radius 3 is 2.69 bits per heavy atom. The molecule has 4 heteroatoms. The van der Waals surface area contributed by atoms with E-state index in [9.17, 15) is 9.90 Å². The van der Waals surface area contributed by atoms with Crippen molar-refractivity contribution >= 4 is 5.97 Å². The molecule has 1 aliphatic rings. The Kier molecular flexibility index (Phi) is 3.27.